The molecule has 0 atom stereocenters. The van der Waals surface area contributed by atoms with Crippen LogP contribution in [0.5, 0.6) is 0 Å². The fraction of sp³-hybridized carbons (Fsp3) is 0. The SMILES string of the molecule is N#CSc1nc2c(nc1SC#N)-c1ccc(-n3c4ccccc4c4cc(-n5c6ccccc6c6ccccc65)ccc43)c3cccc-2c13. The van der Waals surface area contributed by atoms with Gasteiger partial charge in [-0.25, -0.2) is 9.97 Å². The minimum atomic E-state index is 0.453. The van der Waals surface area contributed by atoms with Gasteiger partial charge in [0.1, 0.15) is 20.9 Å². The lowest BCUT2D eigenvalue weighted by molar-refractivity contribution is 0.943. The second-order valence-electron chi connectivity index (χ2n) is 11.7. The standard InChI is InChI=1S/C40H20N6S2/c41-21-47-39-40(48-22-42)44-38-29-17-19-34(27-11-7-12-28(36(27)29)37(38)43-39)46-33-15-6-3-10-26(33)30-20-23(16-18-35(30)46)45-31-13-4-1-8-24(31)25-9-2-5-14-32(25)45/h1-20H. The van der Waals surface area contributed by atoms with Crippen LogP contribution in [-0.2, 0) is 0 Å². The number of benzene rings is 6. The topological polar surface area (TPSA) is 83.2 Å². The zero-order valence-electron chi connectivity index (χ0n) is 25.0. The van der Waals surface area contributed by atoms with Gasteiger partial charge in [-0.3, -0.25) is 0 Å². The normalized spacial score (nSPS) is 11.9. The third-order valence-electron chi connectivity index (χ3n) is 9.38. The summed E-state index contributed by atoms with van der Waals surface area (Å²) >= 11 is 1.87. The van der Waals surface area contributed by atoms with Crippen molar-refractivity contribution in [3.05, 3.63) is 121 Å². The van der Waals surface area contributed by atoms with Crippen LogP contribution >= 0.6 is 23.5 Å². The third kappa shape index (κ3) is 3.64. The summed E-state index contributed by atoms with van der Waals surface area (Å²) in [4.78, 5) is 9.74. The zero-order valence-corrected chi connectivity index (χ0v) is 26.7. The molecule has 0 unspecified atom stereocenters. The molecule has 0 amide bonds. The van der Waals surface area contributed by atoms with Gasteiger partial charge in [0, 0.05) is 72.7 Å². The van der Waals surface area contributed by atoms with Crippen LogP contribution in [0.4, 0.5) is 0 Å². The number of nitrogens with zero attached hydrogens (tertiary/aromatic N) is 6. The Labute approximate surface area is 282 Å². The molecule has 6 aromatic carbocycles. The average Bonchev–Trinajstić information content (AvgIpc) is 3.75. The third-order valence-corrected chi connectivity index (χ3v) is 10.6. The van der Waals surface area contributed by atoms with E-state index in [1.165, 1.54) is 32.6 Å². The molecule has 1 aliphatic rings. The average molecular weight is 649 g/mol. The quantitative estimate of drug-likeness (QED) is 0.139. The number of para-hydroxylation sites is 3. The molecule has 222 valence electrons. The Kier molecular flexibility index (Phi) is 5.77. The van der Waals surface area contributed by atoms with Crippen molar-refractivity contribution >= 4 is 77.9 Å². The number of hydrogen-bond acceptors (Lipinski definition) is 6. The van der Waals surface area contributed by atoms with Crippen LogP contribution in [0, 0.1) is 21.3 Å². The summed E-state index contributed by atoms with van der Waals surface area (Å²) in [6.45, 7) is 0. The Balaban J connectivity index is 1.23. The van der Waals surface area contributed by atoms with Gasteiger partial charge < -0.3 is 9.13 Å². The zero-order chi connectivity index (χ0) is 31.9. The molecule has 0 radical (unpaired) electrons. The molecule has 8 heteroatoms. The van der Waals surface area contributed by atoms with Crippen molar-refractivity contribution in [1.82, 2.24) is 19.1 Å². The van der Waals surface area contributed by atoms with Gasteiger partial charge in [0.2, 0.25) is 0 Å². The maximum absolute atomic E-state index is 9.42. The van der Waals surface area contributed by atoms with E-state index in [0.29, 0.717) is 10.1 Å². The molecule has 3 heterocycles. The number of hydrogen-bond donors (Lipinski definition) is 0. The van der Waals surface area contributed by atoms with Crippen molar-refractivity contribution in [1.29, 1.82) is 10.5 Å². The number of thioether (sulfide) groups is 2. The van der Waals surface area contributed by atoms with Gasteiger partial charge in [0.25, 0.3) is 0 Å². The molecule has 9 aromatic rings. The molecule has 0 N–H and O–H groups in total. The molecule has 0 saturated heterocycles. The number of fused-ring (bicyclic) bond motifs is 9. The van der Waals surface area contributed by atoms with Crippen LogP contribution in [-0.4, -0.2) is 19.1 Å². The largest absolute Gasteiger partial charge is 0.309 e. The summed E-state index contributed by atoms with van der Waals surface area (Å²) in [5, 5.41) is 30.9. The van der Waals surface area contributed by atoms with E-state index in [1.54, 1.807) is 0 Å². The van der Waals surface area contributed by atoms with Crippen molar-refractivity contribution in [2.24, 2.45) is 0 Å². The van der Waals surface area contributed by atoms with E-state index in [4.69, 9.17) is 9.97 Å². The highest BCUT2D eigenvalue weighted by Crippen LogP contribution is 2.49. The van der Waals surface area contributed by atoms with Crippen LogP contribution in [0.25, 0.3) is 88.3 Å². The van der Waals surface area contributed by atoms with Gasteiger partial charge in [-0.2, -0.15) is 10.5 Å². The van der Waals surface area contributed by atoms with Crippen molar-refractivity contribution < 1.29 is 0 Å². The summed E-state index contributed by atoms with van der Waals surface area (Å²) in [7, 11) is 0. The first-order valence-electron chi connectivity index (χ1n) is 15.4. The van der Waals surface area contributed by atoms with Gasteiger partial charge in [0.05, 0.1) is 39.1 Å². The summed E-state index contributed by atoms with van der Waals surface area (Å²) < 4.78 is 4.73. The fourth-order valence-corrected chi connectivity index (χ4v) is 8.50. The number of nitriles is 2. The highest BCUT2D eigenvalue weighted by Gasteiger charge is 2.28. The molecule has 6 nitrogen and oxygen atoms in total. The predicted octanol–water partition coefficient (Wildman–Crippen LogP) is 10.6. The first-order chi connectivity index (χ1) is 23.7. The van der Waals surface area contributed by atoms with Crippen LogP contribution in [0.2, 0.25) is 0 Å². The maximum atomic E-state index is 9.42. The number of thiocyanates is 2. The van der Waals surface area contributed by atoms with Crippen molar-refractivity contribution in [2.45, 2.75) is 10.1 Å². The molecule has 48 heavy (non-hydrogen) atoms. The van der Waals surface area contributed by atoms with Crippen LogP contribution in [0.3, 0.4) is 0 Å². The summed E-state index contributed by atoms with van der Waals surface area (Å²) in [5.41, 5.74) is 10.2. The molecule has 0 saturated carbocycles. The van der Waals surface area contributed by atoms with Gasteiger partial charge in [-0.15, -0.1) is 0 Å². The summed E-state index contributed by atoms with van der Waals surface area (Å²) in [6, 6.07) is 43.2. The van der Waals surface area contributed by atoms with Crippen molar-refractivity contribution in [3.63, 3.8) is 0 Å². The molecule has 10 rings (SSSR count). The molecule has 0 bridgehead atoms. The Morgan fingerprint density at radius 3 is 1.62 bits per heavy atom. The lowest BCUT2D eigenvalue weighted by Gasteiger charge is -2.13. The molecular weight excluding hydrogens is 629 g/mol. The Morgan fingerprint density at radius 2 is 1.00 bits per heavy atom. The van der Waals surface area contributed by atoms with Gasteiger partial charge in [-0.05, 0) is 48.5 Å². The van der Waals surface area contributed by atoms with E-state index in [9.17, 15) is 10.5 Å². The minimum absolute atomic E-state index is 0.453. The molecule has 0 spiro atoms. The predicted molar refractivity (Wildman–Crippen MR) is 196 cm³/mol. The molecule has 3 aromatic heterocycles. The van der Waals surface area contributed by atoms with Crippen molar-refractivity contribution in [2.75, 3.05) is 0 Å². The highest BCUT2D eigenvalue weighted by atomic mass is 32.2. The Hall–Kier alpha value is -6.06. The lowest BCUT2D eigenvalue weighted by atomic mass is 10.0. The van der Waals surface area contributed by atoms with Gasteiger partial charge >= 0.3 is 0 Å². The molecule has 0 fully saturated rings. The number of aromatic nitrogens is 4. The van der Waals surface area contributed by atoms with E-state index >= 15 is 0 Å². The monoisotopic (exact) mass is 648 g/mol. The molecular formula is C40H20N6S2. The van der Waals surface area contributed by atoms with Gasteiger partial charge in [-0.1, -0.05) is 72.8 Å². The van der Waals surface area contributed by atoms with E-state index in [-0.39, 0.29) is 0 Å². The second-order valence-corrected chi connectivity index (χ2v) is 13.2. The first-order valence-corrected chi connectivity index (χ1v) is 17.0. The van der Waals surface area contributed by atoms with Gasteiger partial charge in [0.15, 0.2) is 0 Å². The van der Waals surface area contributed by atoms with E-state index in [2.05, 4.69) is 141 Å². The lowest BCUT2D eigenvalue weighted by Crippen LogP contribution is -1.97. The highest BCUT2D eigenvalue weighted by molar-refractivity contribution is 8.06. The summed E-state index contributed by atoms with van der Waals surface area (Å²) in [6.07, 6.45) is 0. The van der Waals surface area contributed by atoms with Crippen LogP contribution in [0.15, 0.2) is 131 Å². The molecule has 1 aliphatic carbocycles. The Morgan fingerprint density at radius 1 is 0.479 bits per heavy atom. The van der Waals surface area contributed by atoms with Crippen molar-refractivity contribution in [3.8, 4) is 44.7 Å². The van der Waals surface area contributed by atoms with E-state index in [0.717, 1.165) is 79.2 Å². The molecule has 0 aliphatic heterocycles. The maximum Gasteiger partial charge on any atom is 0.145 e. The van der Waals surface area contributed by atoms with E-state index < -0.39 is 0 Å². The smallest absolute Gasteiger partial charge is 0.145 e. The van der Waals surface area contributed by atoms with Crippen LogP contribution in [0.1, 0.15) is 0 Å². The first kappa shape index (κ1) is 27.1. The minimum Gasteiger partial charge on any atom is -0.309 e. The Bertz CT molecular complexity index is 2840. The van der Waals surface area contributed by atoms with E-state index in [1.807, 2.05) is 0 Å². The second kappa shape index (κ2) is 10.2. The summed E-state index contributed by atoms with van der Waals surface area (Å²) in [5.74, 6) is 0. The van der Waals surface area contributed by atoms with Crippen LogP contribution < -0.4 is 0 Å². The number of rotatable bonds is 4. The fourth-order valence-electron chi connectivity index (χ4n) is 7.54.